The van der Waals surface area contributed by atoms with Crippen molar-refractivity contribution in [2.45, 2.75) is 85.7 Å². The van der Waals surface area contributed by atoms with E-state index in [2.05, 4.69) is 55.4 Å². The highest BCUT2D eigenvalue weighted by atomic mass is 28.4. The van der Waals surface area contributed by atoms with Crippen LogP contribution in [0.4, 0.5) is 0 Å². The molecule has 0 rings (SSSR count). The molecule has 20 heavy (non-hydrogen) atoms. The minimum Gasteiger partial charge on any atom is -0.394 e. The average Bonchev–Trinajstić information content (AvgIpc) is 2.34. The van der Waals surface area contributed by atoms with E-state index < -0.39 is 8.56 Å². The summed E-state index contributed by atoms with van der Waals surface area (Å²) in [6.07, 6.45) is 3.63. The zero-order chi connectivity index (χ0) is 15.8. The summed E-state index contributed by atoms with van der Waals surface area (Å²) in [5.41, 5.74) is 0. The third kappa shape index (κ3) is 5.49. The molecule has 0 saturated heterocycles. The van der Waals surface area contributed by atoms with Crippen LogP contribution in [-0.4, -0.2) is 21.8 Å². The van der Waals surface area contributed by atoms with E-state index in [0.717, 1.165) is 25.2 Å². The normalized spacial score (nSPS) is 13.5. The van der Waals surface area contributed by atoms with E-state index >= 15 is 0 Å². The average molecular weight is 303 g/mol. The zero-order valence-electron chi connectivity index (χ0n) is 15.2. The molecule has 0 spiro atoms. The van der Waals surface area contributed by atoms with Gasteiger partial charge in [-0.2, -0.15) is 0 Å². The monoisotopic (exact) mass is 302 g/mol. The second-order valence-corrected chi connectivity index (χ2v) is 10.8. The fourth-order valence-electron chi connectivity index (χ4n) is 3.43. The maximum atomic E-state index is 6.39. The van der Waals surface area contributed by atoms with Crippen LogP contribution in [0.3, 0.4) is 0 Å². The second-order valence-electron chi connectivity index (χ2n) is 6.99. The van der Waals surface area contributed by atoms with Gasteiger partial charge in [0.2, 0.25) is 0 Å². The van der Waals surface area contributed by atoms with Crippen LogP contribution in [0.5, 0.6) is 0 Å². The summed E-state index contributed by atoms with van der Waals surface area (Å²) in [6.45, 7) is 19.7. The summed E-state index contributed by atoms with van der Waals surface area (Å²) in [6, 6.07) is 1.14. The molecule has 0 heterocycles. The summed E-state index contributed by atoms with van der Waals surface area (Å²) in [5.74, 6) is 1.41. The first-order chi connectivity index (χ1) is 9.28. The predicted octanol–water partition coefficient (Wildman–Crippen LogP) is 5.76. The minimum absolute atomic E-state index is 0.162. The highest BCUT2D eigenvalue weighted by molar-refractivity contribution is 6.70. The third-order valence-electron chi connectivity index (χ3n) is 4.42. The standard InChI is InChI=1S/C17H38O2Si/c1-9-16(10-2)14-20(18-11-3,19-12-4)17(7,8)13-15(5)6/h15-16H,9-14H2,1-8H3. The van der Waals surface area contributed by atoms with E-state index in [1.54, 1.807) is 0 Å². The van der Waals surface area contributed by atoms with Crippen molar-refractivity contribution in [1.82, 2.24) is 0 Å². The molecule has 0 aromatic heterocycles. The molecule has 0 aliphatic rings. The van der Waals surface area contributed by atoms with Crippen molar-refractivity contribution in [1.29, 1.82) is 0 Å². The van der Waals surface area contributed by atoms with Gasteiger partial charge < -0.3 is 8.85 Å². The fraction of sp³-hybridized carbons (Fsp3) is 1.00. The Balaban J connectivity index is 5.37. The van der Waals surface area contributed by atoms with Crippen LogP contribution in [0, 0.1) is 11.8 Å². The highest BCUT2D eigenvalue weighted by Gasteiger charge is 2.52. The molecule has 0 unspecified atom stereocenters. The summed E-state index contributed by atoms with van der Waals surface area (Å²) < 4.78 is 12.8. The molecule has 0 bridgehead atoms. The molecule has 0 radical (unpaired) electrons. The van der Waals surface area contributed by atoms with Gasteiger partial charge in [-0.1, -0.05) is 54.4 Å². The molecular formula is C17H38O2Si. The maximum absolute atomic E-state index is 6.39. The molecular weight excluding hydrogens is 264 g/mol. The molecule has 0 saturated carbocycles. The summed E-state index contributed by atoms with van der Waals surface area (Å²) in [5, 5.41) is 0.162. The predicted molar refractivity (Wildman–Crippen MR) is 91.4 cm³/mol. The van der Waals surface area contributed by atoms with Gasteiger partial charge in [0.05, 0.1) is 0 Å². The fourth-order valence-corrected chi connectivity index (χ4v) is 8.07. The van der Waals surface area contributed by atoms with Crippen molar-refractivity contribution in [2.75, 3.05) is 13.2 Å². The molecule has 0 fully saturated rings. The Morgan fingerprint density at radius 1 is 0.900 bits per heavy atom. The minimum atomic E-state index is -2.19. The zero-order valence-corrected chi connectivity index (χ0v) is 16.2. The van der Waals surface area contributed by atoms with Crippen LogP contribution in [0.1, 0.15) is 74.7 Å². The quantitative estimate of drug-likeness (QED) is 0.451. The van der Waals surface area contributed by atoms with Crippen molar-refractivity contribution in [3.63, 3.8) is 0 Å². The van der Waals surface area contributed by atoms with Crippen LogP contribution in [0.2, 0.25) is 11.1 Å². The van der Waals surface area contributed by atoms with E-state index in [-0.39, 0.29) is 5.04 Å². The molecule has 0 aromatic carbocycles. The van der Waals surface area contributed by atoms with Gasteiger partial charge in [-0.15, -0.1) is 0 Å². The first-order valence-electron chi connectivity index (χ1n) is 8.56. The molecule has 3 heteroatoms. The van der Waals surface area contributed by atoms with E-state index in [1.807, 2.05) is 0 Å². The lowest BCUT2D eigenvalue weighted by atomic mass is 10.00. The molecule has 122 valence electrons. The van der Waals surface area contributed by atoms with E-state index in [0.29, 0.717) is 5.92 Å². The van der Waals surface area contributed by atoms with Crippen molar-refractivity contribution >= 4 is 8.56 Å². The third-order valence-corrected chi connectivity index (χ3v) is 9.31. The largest absolute Gasteiger partial charge is 0.394 e. The van der Waals surface area contributed by atoms with Crippen LogP contribution < -0.4 is 0 Å². The van der Waals surface area contributed by atoms with Gasteiger partial charge in [0.15, 0.2) is 0 Å². The number of hydrogen-bond acceptors (Lipinski definition) is 2. The SMILES string of the molecule is CCO[Si](CC(CC)CC)(OCC)C(C)(C)CC(C)C. The molecule has 0 aromatic rings. The van der Waals surface area contributed by atoms with Gasteiger partial charge >= 0.3 is 8.56 Å². The van der Waals surface area contributed by atoms with Crippen molar-refractivity contribution in [2.24, 2.45) is 11.8 Å². The summed E-state index contributed by atoms with van der Waals surface area (Å²) in [7, 11) is -2.19. The van der Waals surface area contributed by atoms with Gasteiger partial charge in [0.25, 0.3) is 0 Å². The van der Waals surface area contributed by atoms with Crippen LogP contribution in [0.15, 0.2) is 0 Å². The van der Waals surface area contributed by atoms with Crippen molar-refractivity contribution < 1.29 is 8.85 Å². The van der Waals surface area contributed by atoms with Crippen LogP contribution in [-0.2, 0) is 8.85 Å². The highest BCUT2D eigenvalue weighted by Crippen LogP contribution is 2.48. The second kappa shape index (κ2) is 9.21. The van der Waals surface area contributed by atoms with Crippen molar-refractivity contribution in [3.8, 4) is 0 Å². The number of rotatable bonds is 11. The lowest BCUT2D eigenvalue weighted by molar-refractivity contribution is 0.145. The van der Waals surface area contributed by atoms with Crippen molar-refractivity contribution in [3.05, 3.63) is 0 Å². The van der Waals surface area contributed by atoms with E-state index in [1.165, 1.54) is 19.3 Å². The molecule has 0 amide bonds. The van der Waals surface area contributed by atoms with Gasteiger partial charge in [-0.05, 0) is 38.1 Å². The Kier molecular flexibility index (Phi) is 9.28. The maximum Gasteiger partial charge on any atom is 0.344 e. The van der Waals surface area contributed by atoms with Gasteiger partial charge in [0, 0.05) is 18.3 Å². The van der Waals surface area contributed by atoms with Crippen LogP contribution in [0.25, 0.3) is 0 Å². The first kappa shape index (κ1) is 20.1. The Hall–Kier alpha value is 0.137. The molecule has 2 nitrogen and oxygen atoms in total. The smallest absolute Gasteiger partial charge is 0.344 e. The first-order valence-corrected chi connectivity index (χ1v) is 10.6. The summed E-state index contributed by atoms with van der Waals surface area (Å²) >= 11 is 0. The lowest BCUT2D eigenvalue weighted by Gasteiger charge is -2.45. The Bertz CT molecular complexity index is 241. The lowest BCUT2D eigenvalue weighted by Crippen LogP contribution is -2.53. The van der Waals surface area contributed by atoms with Gasteiger partial charge in [-0.25, -0.2) is 0 Å². The molecule has 0 N–H and O–H groups in total. The Labute approximate surface area is 128 Å². The molecule has 0 aliphatic carbocycles. The molecule has 0 atom stereocenters. The topological polar surface area (TPSA) is 18.5 Å². The van der Waals surface area contributed by atoms with Gasteiger partial charge in [0.1, 0.15) is 0 Å². The van der Waals surface area contributed by atoms with Gasteiger partial charge in [-0.3, -0.25) is 0 Å². The van der Waals surface area contributed by atoms with E-state index in [9.17, 15) is 0 Å². The van der Waals surface area contributed by atoms with Crippen LogP contribution >= 0.6 is 0 Å². The molecule has 0 aliphatic heterocycles. The Morgan fingerprint density at radius 2 is 1.35 bits per heavy atom. The summed E-state index contributed by atoms with van der Waals surface area (Å²) in [4.78, 5) is 0. The number of hydrogen-bond donors (Lipinski definition) is 0. The Morgan fingerprint density at radius 3 is 1.65 bits per heavy atom. The van der Waals surface area contributed by atoms with E-state index in [4.69, 9.17) is 8.85 Å².